The van der Waals surface area contributed by atoms with E-state index in [0.717, 1.165) is 6.07 Å². The van der Waals surface area contributed by atoms with Gasteiger partial charge in [-0.15, -0.1) is 0 Å². The van der Waals surface area contributed by atoms with Crippen LogP contribution in [-0.2, 0) is 10.0 Å². The minimum absolute atomic E-state index is 0.290. The molecule has 110 valence electrons. The van der Waals surface area contributed by atoms with Gasteiger partial charge in [0, 0.05) is 17.7 Å². The SMILES string of the molecule is COc1ccc(-c2ccc([N+](=O)[O-])cc2S(N)(=O)=O)cc1. The van der Waals surface area contributed by atoms with Crippen LogP contribution in [0, 0.1) is 10.1 Å². The molecule has 0 aliphatic rings. The van der Waals surface area contributed by atoms with Crippen LogP contribution in [0.2, 0.25) is 0 Å². The molecule has 0 bridgehead atoms. The number of nitrogens with two attached hydrogens (primary N) is 1. The lowest BCUT2D eigenvalue weighted by Gasteiger charge is -2.08. The van der Waals surface area contributed by atoms with Crippen molar-refractivity contribution in [3.05, 3.63) is 52.6 Å². The van der Waals surface area contributed by atoms with Crippen LogP contribution >= 0.6 is 0 Å². The fourth-order valence-corrected chi connectivity index (χ4v) is 2.65. The first kappa shape index (κ1) is 14.9. The van der Waals surface area contributed by atoms with E-state index in [0.29, 0.717) is 16.9 Å². The van der Waals surface area contributed by atoms with E-state index in [2.05, 4.69) is 0 Å². The second kappa shape index (κ2) is 5.51. The number of hydrogen-bond acceptors (Lipinski definition) is 5. The molecule has 2 aromatic rings. The normalized spacial score (nSPS) is 11.1. The number of hydrogen-bond donors (Lipinski definition) is 1. The van der Waals surface area contributed by atoms with Gasteiger partial charge < -0.3 is 4.74 Å². The molecule has 21 heavy (non-hydrogen) atoms. The molecule has 0 saturated carbocycles. The van der Waals surface area contributed by atoms with Crippen LogP contribution in [0.1, 0.15) is 0 Å². The van der Waals surface area contributed by atoms with Crippen LogP contribution in [0.25, 0.3) is 11.1 Å². The van der Waals surface area contributed by atoms with Crippen molar-refractivity contribution in [2.45, 2.75) is 4.90 Å². The van der Waals surface area contributed by atoms with E-state index < -0.39 is 14.9 Å². The molecule has 0 heterocycles. The largest absolute Gasteiger partial charge is 0.497 e. The van der Waals surface area contributed by atoms with Gasteiger partial charge >= 0.3 is 0 Å². The summed E-state index contributed by atoms with van der Waals surface area (Å²) in [4.78, 5) is 9.80. The van der Waals surface area contributed by atoms with Gasteiger partial charge in [0.2, 0.25) is 10.0 Å². The lowest BCUT2D eigenvalue weighted by Crippen LogP contribution is -2.13. The first-order valence-electron chi connectivity index (χ1n) is 5.78. The molecule has 0 aromatic heterocycles. The number of primary sulfonamides is 1. The molecule has 0 spiro atoms. The van der Waals surface area contributed by atoms with Crippen molar-refractivity contribution >= 4 is 15.7 Å². The van der Waals surface area contributed by atoms with Crippen molar-refractivity contribution in [3.63, 3.8) is 0 Å². The molecule has 0 aliphatic heterocycles. The molecular weight excluding hydrogens is 296 g/mol. The molecule has 0 aliphatic carbocycles. The van der Waals surface area contributed by atoms with Gasteiger partial charge in [-0.2, -0.15) is 0 Å². The summed E-state index contributed by atoms with van der Waals surface area (Å²) in [6.07, 6.45) is 0. The van der Waals surface area contributed by atoms with Gasteiger partial charge in [0.25, 0.3) is 5.69 Å². The van der Waals surface area contributed by atoms with Gasteiger partial charge in [0.1, 0.15) is 5.75 Å². The Morgan fingerprint density at radius 3 is 2.24 bits per heavy atom. The van der Waals surface area contributed by atoms with E-state index >= 15 is 0 Å². The number of non-ortho nitro benzene ring substituents is 1. The molecule has 0 saturated heterocycles. The molecule has 0 unspecified atom stereocenters. The summed E-state index contributed by atoms with van der Waals surface area (Å²) < 4.78 is 28.3. The van der Waals surface area contributed by atoms with E-state index in [-0.39, 0.29) is 10.6 Å². The van der Waals surface area contributed by atoms with E-state index in [1.807, 2.05) is 0 Å². The summed E-state index contributed by atoms with van der Waals surface area (Å²) in [6.45, 7) is 0. The third kappa shape index (κ3) is 3.18. The number of ether oxygens (including phenoxy) is 1. The van der Waals surface area contributed by atoms with Gasteiger partial charge in [-0.05, 0) is 23.8 Å². The third-order valence-corrected chi connectivity index (χ3v) is 3.83. The highest BCUT2D eigenvalue weighted by Gasteiger charge is 2.19. The third-order valence-electron chi connectivity index (χ3n) is 2.88. The van der Waals surface area contributed by atoms with Crippen molar-refractivity contribution in [2.75, 3.05) is 7.11 Å². The fourth-order valence-electron chi connectivity index (χ4n) is 1.87. The molecular formula is C13H12N2O5S. The Balaban J connectivity index is 2.64. The molecule has 2 aromatic carbocycles. The van der Waals surface area contributed by atoms with Crippen molar-refractivity contribution in [2.24, 2.45) is 5.14 Å². The number of nitro benzene ring substituents is 1. The number of nitro groups is 1. The highest BCUT2D eigenvalue weighted by molar-refractivity contribution is 7.89. The van der Waals surface area contributed by atoms with E-state index in [1.165, 1.54) is 19.2 Å². The van der Waals surface area contributed by atoms with Gasteiger partial charge in [0.05, 0.1) is 16.9 Å². The van der Waals surface area contributed by atoms with Crippen molar-refractivity contribution in [1.29, 1.82) is 0 Å². The lowest BCUT2D eigenvalue weighted by atomic mass is 10.1. The van der Waals surface area contributed by atoms with E-state index in [4.69, 9.17) is 9.88 Å². The first-order valence-corrected chi connectivity index (χ1v) is 7.33. The van der Waals surface area contributed by atoms with E-state index in [1.54, 1.807) is 24.3 Å². The van der Waals surface area contributed by atoms with Crippen LogP contribution in [0.5, 0.6) is 5.75 Å². The molecule has 2 rings (SSSR count). The minimum atomic E-state index is -4.09. The average Bonchev–Trinajstić information content (AvgIpc) is 2.46. The molecule has 0 radical (unpaired) electrons. The molecule has 7 nitrogen and oxygen atoms in total. The fraction of sp³-hybridized carbons (Fsp3) is 0.0769. The maximum absolute atomic E-state index is 11.7. The predicted octanol–water partition coefficient (Wildman–Crippen LogP) is 1.92. The Bertz CT molecular complexity index is 785. The predicted molar refractivity (Wildman–Crippen MR) is 76.5 cm³/mol. The Morgan fingerprint density at radius 1 is 1.14 bits per heavy atom. The number of methoxy groups -OCH3 is 1. The van der Waals surface area contributed by atoms with Gasteiger partial charge in [-0.1, -0.05) is 12.1 Å². The molecule has 0 fully saturated rings. The first-order chi connectivity index (χ1) is 9.82. The van der Waals surface area contributed by atoms with Crippen LogP contribution in [-0.4, -0.2) is 20.5 Å². The van der Waals surface area contributed by atoms with Crippen molar-refractivity contribution in [1.82, 2.24) is 0 Å². The zero-order valence-corrected chi connectivity index (χ0v) is 11.8. The summed E-state index contributed by atoms with van der Waals surface area (Å²) in [5.41, 5.74) is 0.525. The Kier molecular flexibility index (Phi) is 3.92. The summed E-state index contributed by atoms with van der Waals surface area (Å²) >= 11 is 0. The second-order valence-corrected chi connectivity index (χ2v) is 5.74. The topological polar surface area (TPSA) is 113 Å². The standard InChI is InChI=1S/C13H12N2O5S/c1-20-11-5-2-9(3-6-11)12-7-4-10(15(16)17)8-13(12)21(14,18)19/h2-8H,1H3,(H2,14,18,19). The maximum atomic E-state index is 11.7. The minimum Gasteiger partial charge on any atom is -0.497 e. The second-order valence-electron chi connectivity index (χ2n) is 4.21. The Morgan fingerprint density at radius 2 is 1.76 bits per heavy atom. The van der Waals surface area contributed by atoms with E-state index in [9.17, 15) is 18.5 Å². The summed E-state index contributed by atoms with van der Waals surface area (Å²) in [5.74, 6) is 0.609. The number of nitrogens with zero attached hydrogens (tertiary/aromatic N) is 1. The van der Waals surface area contributed by atoms with Gasteiger partial charge in [0.15, 0.2) is 0 Å². The zero-order valence-electron chi connectivity index (χ0n) is 11.0. The smallest absolute Gasteiger partial charge is 0.270 e. The van der Waals surface area contributed by atoms with Crippen molar-refractivity contribution in [3.8, 4) is 16.9 Å². The molecule has 0 atom stereocenters. The summed E-state index contributed by atoms with van der Waals surface area (Å²) in [7, 11) is -2.58. The summed E-state index contributed by atoms with van der Waals surface area (Å²) in [6, 6.07) is 10.2. The van der Waals surface area contributed by atoms with Crippen LogP contribution in [0.15, 0.2) is 47.4 Å². The zero-order chi connectivity index (χ0) is 15.6. The number of sulfonamides is 1. The Labute approximate surface area is 121 Å². The monoisotopic (exact) mass is 308 g/mol. The molecule has 8 heteroatoms. The van der Waals surface area contributed by atoms with Crippen LogP contribution in [0.4, 0.5) is 5.69 Å². The van der Waals surface area contributed by atoms with Gasteiger partial charge in [-0.3, -0.25) is 10.1 Å². The maximum Gasteiger partial charge on any atom is 0.270 e. The Hall–Kier alpha value is -2.45. The quantitative estimate of drug-likeness (QED) is 0.684. The number of rotatable bonds is 4. The lowest BCUT2D eigenvalue weighted by molar-refractivity contribution is -0.385. The van der Waals surface area contributed by atoms with Crippen molar-refractivity contribution < 1.29 is 18.1 Å². The highest BCUT2D eigenvalue weighted by Crippen LogP contribution is 2.31. The van der Waals surface area contributed by atoms with Crippen LogP contribution in [0.3, 0.4) is 0 Å². The average molecular weight is 308 g/mol. The van der Waals surface area contributed by atoms with Gasteiger partial charge in [-0.25, -0.2) is 13.6 Å². The number of benzene rings is 2. The molecule has 0 amide bonds. The van der Waals surface area contributed by atoms with Crippen LogP contribution < -0.4 is 9.88 Å². The summed E-state index contributed by atoms with van der Waals surface area (Å²) in [5, 5.41) is 15.9. The highest BCUT2D eigenvalue weighted by atomic mass is 32.2. The molecule has 2 N–H and O–H groups in total.